The van der Waals surface area contributed by atoms with Crippen LogP contribution in [0.3, 0.4) is 0 Å². The van der Waals surface area contributed by atoms with Crippen LogP contribution in [0.25, 0.3) is 5.69 Å². The number of benzene rings is 1. The summed E-state index contributed by atoms with van der Waals surface area (Å²) < 4.78 is 1.91. The molecule has 0 fully saturated rings. The molecule has 1 heterocycles. The summed E-state index contributed by atoms with van der Waals surface area (Å²) in [6.07, 6.45) is 1.79. The van der Waals surface area contributed by atoms with Gasteiger partial charge in [-0.3, -0.25) is 9.69 Å². The van der Waals surface area contributed by atoms with E-state index in [0.29, 0.717) is 6.54 Å². The highest BCUT2D eigenvalue weighted by molar-refractivity contribution is 5.80. The van der Waals surface area contributed by atoms with Crippen LogP contribution in [-0.4, -0.2) is 52.7 Å². The molecule has 1 atom stereocenters. The summed E-state index contributed by atoms with van der Waals surface area (Å²) in [7, 11) is 5.51. The van der Waals surface area contributed by atoms with Gasteiger partial charge in [-0.15, -0.1) is 0 Å². The highest BCUT2D eigenvalue weighted by Gasteiger charge is 2.20. The van der Waals surface area contributed by atoms with E-state index in [4.69, 9.17) is 0 Å². The van der Waals surface area contributed by atoms with Gasteiger partial charge in [-0.25, -0.2) is 4.68 Å². The molecule has 0 unspecified atom stereocenters. The Morgan fingerprint density at radius 1 is 1.19 bits per heavy atom. The summed E-state index contributed by atoms with van der Waals surface area (Å²) in [5, 5.41) is 4.37. The maximum Gasteiger partial charge on any atom is 0.239 e. The molecular formula is C16H22N4O. The normalized spacial score (nSPS) is 12.4. The Morgan fingerprint density at radius 3 is 2.48 bits per heavy atom. The number of nitrogens with zero attached hydrogens (tertiary/aromatic N) is 4. The van der Waals surface area contributed by atoms with E-state index in [-0.39, 0.29) is 11.9 Å². The Kier molecular flexibility index (Phi) is 4.75. The highest BCUT2D eigenvalue weighted by atomic mass is 16.2. The SMILES string of the molecule is C[C@H](C(=O)N(C)C)N(C)Cc1ccnn1-c1ccccc1. The summed E-state index contributed by atoms with van der Waals surface area (Å²) >= 11 is 0. The number of aromatic nitrogens is 2. The van der Waals surface area contributed by atoms with Crippen molar-refractivity contribution in [1.29, 1.82) is 0 Å². The lowest BCUT2D eigenvalue weighted by molar-refractivity contribution is -0.133. The summed E-state index contributed by atoms with van der Waals surface area (Å²) in [6, 6.07) is 11.8. The van der Waals surface area contributed by atoms with Crippen molar-refractivity contribution in [3.05, 3.63) is 48.3 Å². The van der Waals surface area contributed by atoms with Gasteiger partial charge in [-0.2, -0.15) is 5.10 Å². The van der Waals surface area contributed by atoms with E-state index >= 15 is 0 Å². The summed E-state index contributed by atoms with van der Waals surface area (Å²) in [4.78, 5) is 15.7. The third-order valence-electron chi connectivity index (χ3n) is 3.59. The van der Waals surface area contributed by atoms with Crippen molar-refractivity contribution in [2.75, 3.05) is 21.1 Å². The van der Waals surface area contributed by atoms with Crippen LogP contribution >= 0.6 is 0 Å². The molecule has 0 N–H and O–H groups in total. The van der Waals surface area contributed by atoms with Crippen LogP contribution in [0.5, 0.6) is 0 Å². The lowest BCUT2D eigenvalue weighted by Crippen LogP contribution is -2.42. The van der Waals surface area contributed by atoms with Gasteiger partial charge in [0.15, 0.2) is 0 Å². The second kappa shape index (κ2) is 6.54. The number of amides is 1. The van der Waals surface area contributed by atoms with Crippen LogP contribution in [0.15, 0.2) is 42.6 Å². The van der Waals surface area contributed by atoms with Crippen molar-refractivity contribution in [2.24, 2.45) is 0 Å². The fraction of sp³-hybridized carbons (Fsp3) is 0.375. The van der Waals surface area contributed by atoms with E-state index in [1.54, 1.807) is 25.2 Å². The average Bonchev–Trinajstić information content (AvgIpc) is 2.94. The Hall–Kier alpha value is -2.14. The number of rotatable bonds is 5. The smallest absolute Gasteiger partial charge is 0.239 e. The Balaban J connectivity index is 2.14. The third kappa shape index (κ3) is 3.49. The third-order valence-corrected chi connectivity index (χ3v) is 3.59. The minimum atomic E-state index is -0.167. The number of likely N-dealkylation sites (N-methyl/N-ethyl adjacent to an activating group) is 2. The number of carbonyl (C=O) groups is 1. The van der Waals surface area contributed by atoms with Crippen LogP contribution in [-0.2, 0) is 11.3 Å². The fourth-order valence-electron chi connectivity index (χ4n) is 2.21. The first-order valence-electron chi connectivity index (χ1n) is 7.00. The Labute approximate surface area is 125 Å². The van der Waals surface area contributed by atoms with Crippen molar-refractivity contribution in [3.8, 4) is 5.69 Å². The molecule has 0 saturated carbocycles. The number of para-hydroxylation sites is 1. The van der Waals surface area contributed by atoms with Crippen molar-refractivity contribution in [2.45, 2.75) is 19.5 Å². The van der Waals surface area contributed by atoms with Crippen molar-refractivity contribution in [3.63, 3.8) is 0 Å². The van der Waals surface area contributed by atoms with Gasteiger partial charge < -0.3 is 4.90 Å². The van der Waals surface area contributed by atoms with Gasteiger partial charge in [0.25, 0.3) is 0 Å². The van der Waals surface area contributed by atoms with Gasteiger partial charge in [0.1, 0.15) is 0 Å². The summed E-state index contributed by atoms with van der Waals surface area (Å²) in [5.74, 6) is 0.100. The quantitative estimate of drug-likeness (QED) is 0.841. The number of carbonyl (C=O) groups excluding carboxylic acids is 1. The molecule has 0 radical (unpaired) electrons. The van der Waals surface area contributed by atoms with Crippen LogP contribution in [0, 0.1) is 0 Å². The first-order valence-corrected chi connectivity index (χ1v) is 7.00. The molecule has 2 rings (SSSR count). The molecule has 112 valence electrons. The van der Waals surface area contributed by atoms with Crippen LogP contribution in [0.4, 0.5) is 0 Å². The largest absolute Gasteiger partial charge is 0.347 e. The zero-order valence-electron chi connectivity index (χ0n) is 13.0. The van der Waals surface area contributed by atoms with Gasteiger partial charge in [0, 0.05) is 26.8 Å². The summed E-state index contributed by atoms with van der Waals surface area (Å²) in [6.45, 7) is 2.58. The summed E-state index contributed by atoms with van der Waals surface area (Å²) in [5.41, 5.74) is 2.08. The van der Waals surface area contributed by atoms with Crippen molar-refractivity contribution >= 4 is 5.91 Å². The monoisotopic (exact) mass is 286 g/mol. The molecule has 1 amide bonds. The molecule has 21 heavy (non-hydrogen) atoms. The maximum atomic E-state index is 12.0. The van der Waals surface area contributed by atoms with Crippen molar-refractivity contribution in [1.82, 2.24) is 19.6 Å². The van der Waals surface area contributed by atoms with Gasteiger partial charge in [-0.05, 0) is 32.2 Å². The van der Waals surface area contributed by atoms with Gasteiger partial charge >= 0.3 is 0 Å². The molecule has 2 aromatic rings. The minimum Gasteiger partial charge on any atom is -0.347 e. The minimum absolute atomic E-state index is 0.100. The lowest BCUT2D eigenvalue weighted by Gasteiger charge is -2.26. The molecule has 0 aliphatic carbocycles. The predicted octanol–water partition coefficient (Wildman–Crippen LogP) is 1.78. The molecule has 1 aromatic heterocycles. The Morgan fingerprint density at radius 2 is 1.86 bits per heavy atom. The van der Waals surface area contributed by atoms with E-state index in [1.807, 2.05) is 60.0 Å². The van der Waals surface area contributed by atoms with Crippen LogP contribution in [0.1, 0.15) is 12.6 Å². The van der Waals surface area contributed by atoms with E-state index in [9.17, 15) is 4.79 Å². The topological polar surface area (TPSA) is 41.4 Å². The van der Waals surface area contributed by atoms with E-state index in [2.05, 4.69) is 5.10 Å². The molecule has 0 spiro atoms. The van der Waals surface area contributed by atoms with Gasteiger partial charge in [-0.1, -0.05) is 18.2 Å². The van der Waals surface area contributed by atoms with Crippen molar-refractivity contribution < 1.29 is 4.79 Å². The molecule has 0 aliphatic rings. The first-order chi connectivity index (χ1) is 10.0. The number of hydrogen-bond donors (Lipinski definition) is 0. The predicted molar refractivity (Wildman–Crippen MR) is 83.2 cm³/mol. The molecule has 0 saturated heterocycles. The molecule has 0 aliphatic heterocycles. The first kappa shape index (κ1) is 15.3. The van der Waals surface area contributed by atoms with Crippen LogP contribution < -0.4 is 0 Å². The zero-order chi connectivity index (χ0) is 15.4. The average molecular weight is 286 g/mol. The lowest BCUT2D eigenvalue weighted by atomic mass is 10.2. The van der Waals surface area contributed by atoms with Gasteiger partial charge in [0.05, 0.1) is 17.4 Å². The Bertz CT molecular complexity index is 591. The molecule has 0 bridgehead atoms. The molecular weight excluding hydrogens is 264 g/mol. The molecule has 1 aromatic carbocycles. The highest BCUT2D eigenvalue weighted by Crippen LogP contribution is 2.13. The second-order valence-electron chi connectivity index (χ2n) is 5.39. The zero-order valence-corrected chi connectivity index (χ0v) is 13.0. The van der Waals surface area contributed by atoms with Crippen LogP contribution in [0.2, 0.25) is 0 Å². The number of hydrogen-bond acceptors (Lipinski definition) is 3. The fourth-order valence-corrected chi connectivity index (χ4v) is 2.21. The molecule has 5 heteroatoms. The van der Waals surface area contributed by atoms with E-state index < -0.39 is 0 Å². The maximum absolute atomic E-state index is 12.0. The second-order valence-corrected chi connectivity index (χ2v) is 5.39. The molecule has 5 nitrogen and oxygen atoms in total. The van der Waals surface area contributed by atoms with Gasteiger partial charge in [0.2, 0.25) is 5.91 Å². The standard InChI is InChI=1S/C16H22N4O/c1-13(16(21)18(2)3)19(4)12-15-10-11-17-20(15)14-8-6-5-7-9-14/h5-11,13H,12H2,1-4H3/t13-/m1/s1. The van der Waals surface area contributed by atoms with E-state index in [0.717, 1.165) is 11.4 Å². The van der Waals surface area contributed by atoms with E-state index in [1.165, 1.54) is 0 Å².